The second kappa shape index (κ2) is 40.6. The average Bonchev–Trinajstić information content (AvgIpc) is 3.56. The Balaban J connectivity index is 6.36. The number of carboxylic acid groups (broad SMARTS) is 2. The van der Waals surface area contributed by atoms with E-state index in [4.69, 9.17) is 34.1 Å². The maximum absolute atomic E-state index is 13.7. The molecule has 0 spiro atoms. The molecular weight excluding hydrogens is 1170 g/mol. The molecule has 482 valence electrons. The number of unbranched alkanes of at least 4 members (excludes halogenated alkanes) is 1. The minimum atomic E-state index is -2.13. The van der Waals surface area contributed by atoms with Crippen LogP contribution in [0, 0.1) is 17.2 Å². The van der Waals surface area contributed by atoms with E-state index in [0.717, 1.165) is 0 Å². The van der Waals surface area contributed by atoms with Gasteiger partial charge in [0.2, 0.25) is 70.9 Å². The van der Waals surface area contributed by atoms with E-state index in [-0.39, 0.29) is 49.9 Å². The van der Waals surface area contributed by atoms with Crippen LogP contribution in [0.3, 0.4) is 0 Å². The van der Waals surface area contributed by atoms with E-state index < -0.39 is 200 Å². The molecule has 0 unspecified atom stereocenters. The summed E-state index contributed by atoms with van der Waals surface area (Å²) in [6, 6.07) is -18.1. The lowest BCUT2D eigenvalue weighted by atomic mass is 10.0. The largest absolute Gasteiger partial charge is 0.481 e. The number of hydrogen-bond acceptors (Lipinski definition) is 21. The van der Waals surface area contributed by atoms with E-state index in [1.54, 1.807) is 13.8 Å². The predicted molar refractivity (Wildman–Crippen MR) is 308 cm³/mol. The lowest BCUT2D eigenvalue weighted by Gasteiger charge is -2.28. The van der Waals surface area contributed by atoms with E-state index in [1.165, 1.54) is 13.8 Å². The van der Waals surface area contributed by atoms with Crippen LogP contribution in [-0.2, 0) is 67.1 Å². The maximum Gasteiger partial charge on any atom is 0.326 e. The molecule has 0 aromatic carbocycles. The quantitative estimate of drug-likeness (QED) is 0.0117. The number of rotatable bonds is 43. The van der Waals surface area contributed by atoms with E-state index in [9.17, 15) is 87.5 Å². The van der Waals surface area contributed by atoms with Crippen LogP contribution in [-0.4, -0.2) is 213 Å². The Morgan fingerprint density at radius 1 is 0.471 bits per heavy atom. The van der Waals surface area contributed by atoms with Gasteiger partial charge >= 0.3 is 11.9 Å². The van der Waals surface area contributed by atoms with Gasteiger partial charge in [0.05, 0.1) is 32.1 Å². The Morgan fingerprint density at radius 3 is 1.31 bits per heavy atom. The van der Waals surface area contributed by atoms with Gasteiger partial charge in [0, 0.05) is 24.5 Å². The molecule has 0 fully saturated rings. The van der Waals surface area contributed by atoms with Gasteiger partial charge in [-0.25, -0.2) is 4.79 Å². The van der Waals surface area contributed by atoms with Crippen LogP contribution in [0.15, 0.2) is 0 Å². The van der Waals surface area contributed by atoms with Crippen LogP contribution in [0.25, 0.3) is 0 Å². The van der Waals surface area contributed by atoms with Gasteiger partial charge in [0.15, 0.2) is 5.96 Å². The van der Waals surface area contributed by atoms with Crippen molar-refractivity contribution < 1.29 is 87.5 Å². The summed E-state index contributed by atoms with van der Waals surface area (Å²) in [6.45, 7) is 4.71. The van der Waals surface area contributed by atoms with Crippen LogP contribution in [0.5, 0.6) is 0 Å². The first-order valence-electron chi connectivity index (χ1n) is 26.8. The molecule has 0 aliphatic rings. The van der Waals surface area contributed by atoms with Crippen molar-refractivity contribution >= 4 is 114 Å². The van der Waals surface area contributed by atoms with E-state index in [2.05, 4.69) is 78.4 Å². The molecular formula is C48H85N17O18S2. The first kappa shape index (κ1) is 77.4. The van der Waals surface area contributed by atoms with Crippen molar-refractivity contribution in [3.05, 3.63) is 0 Å². The van der Waals surface area contributed by atoms with Gasteiger partial charge in [0.25, 0.3) is 0 Å². The minimum absolute atomic E-state index is 0.105. The number of aliphatic hydroxyl groups is 2. The fraction of sp³-hybridized carbons (Fsp3) is 0.688. The maximum atomic E-state index is 13.7. The third-order valence-corrected chi connectivity index (χ3v) is 12.8. The van der Waals surface area contributed by atoms with Crippen molar-refractivity contribution in [3.63, 3.8) is 0 Å². The third kappa shape index (κ3) is 30.7. The summed E-state index contributed by atoms with van der Waals surface area (Å²) in [5, 5.41) is 71.7. The Bertz CT molecular complexity index is 2340. The topological polar surface area (TPSA) is 606 Å². The van der Waals surface area contributed by atoms with E-state index in [0.29, 0.717) is 19.4 Å². The number of guanidine groups is 1. The molecule has 0 saturated heterocycles. The molecule has 0 aliphatic carbocycles. The van der Waals surface area contributed by atoms with Crippen molar-refractivity contribution in [2.24, 2.45) is 40.5 Å². The van der Waals surface area contributed by atoms with Gasteiger partial charge < -0.3 is 108 Å². The lowest BCUT2D eigenvalue weighted by Crippen LogP contribution is -2.62. The van der Waals surface area contributed by atoms with Gasteiger partial charge in [-0.15, -0.1) is 0 Å². The summed E-state index contributed by atoms with van der Waals surface area (Å²) in [5.41, 5.74) is 27.3. The van der Waals surface area contributed by atoms with E-state index >= 15 is 0 Å². The number of thiol groups is 2. The highest BCUT2D eigenvalue weighted by Gasteiger charge is 2.37. The van der Waals surface area contributed by atoms with Gasteiger partial charge in [-0.3, -0.25) is 67.7 Å². The zero-order valence-corrected chi connectivity index (χ0v) is 49.4. The molecule has 0 bridgehead atoms. The smallest absolute Gasteiger partial charge is 0.326 e. The first-order chi connectivity index (χ1) is 39.8. The normalized spacial score (nSPS) is 14.9. The van der Waals surface area contributed by atoms with Gasteiger partial charge in [-0.2, -0.15) is 25.3 Å². The van der Waals surface area contributed by atoms with Crippen LogP contribution < -0.4 is 87.2 Å². The fourth-order valence-corrected chi connectivity index (χ4v) is 8.00. The van der Waals surface area contributed by atoms with Crippen LogP contribution >= 0.6 is 25.3 Å². The summed E-state index contributed by atoms with van der Waals surface area (Å²) in [5.74, 6) is -18.9. The molecule has 0 radical (unpaired) electrons. The third-order valence-electron chi connectivity index (χ3n) is 12.1. The molecule has 0 heterocycles. The van der Waals surface area contributed by atoms with Crippen molar-refractivity contribution in [1.82, 2.24) is 58.5 Å². The average molecular weight is 1250 g/mol. The minimum Gasteiger partial charge on any atom is -0.481 e. The Hall–Kier alpha value is -7.61. The standard InChI is InChI=1S/C48H85N17O18S2/c1-21(2)14-26(58-37(72)23(50)8-5-6-12-49)39(74)63-32(20-85)45(80)62-29(17-66)42(77)59-27(15-34(52)69)40(75)60-28(16-35(70)71)41(76)64-31(19-84)44(79)56-24(10-11-33(51)68)38(73)61-30(18-67)43(78)65-36(22(3)4)46(81)57-25(47(82)83)9-7-13-55-48(53)54/h21-32,36,66-67,84-85H,5-20,49-50H2,1-4H3,(H2,51,68)(H2,52,69)(H,56,79)(H,57,81)(H,58,72)(H,59,77)(H,60,75)(H,61,73)(H,62,80)(H,63,74)(H,64,76)(H,65,78)(H,70,71)(H,82,83)(H4,53,54,55)/t23-,24-,25-,26-,27-,28-,29-,30-,31-,32-,36-/m0/s1. The number of aliphatic carboxylic acids is 2. The second-order valence-corrected chi connectivity index (χ2v) is 20.9. The van der Waals surface area contributed by atoms with Crippen molar-refractivity contribution in [1.29, 1.82) is 5.41 Å². The molecule has 0 aromatic heterocycles. The van der Waals surface area contributed by atoms with Crippen LogP contribution in [0.2, 0.25) is 0 Å². The second-order valence-electron chi connectivity index (χ2n) is 20.1. The molecule has 11 atom stereocenters. The summed E-state index contributed by atoms with van der Waals surface area (Å²) in [6.07, 6.45) is -1.82. The summed E-state index contributed by atoms with van der Waals surface area (Å²) < 4.78 is 0. The Morgan fingerprint density at radius 2 is 0.882 bits per heavy atom. The van der Waals surface area contributed by atoms with Crippen molar-refractivity contribution in [2.75, 3.05) is 37.8 Å². The van der Waals surface area contributed by atoms with Gasteiger partial charge in [-0.1, -0.05) is 34.1 Å². The summed E-state index contributed by atoms with van der Waals surface area (Å²) >= 11 is 8.16. The SMILES string of the molecule is CC(C)C[C@H](NC(=O)[C@@H](N)CCCCN)C(=O)N[C@@H](CS)C(=O)N[C@@H](CO)C(=O)N[C@@H](CC(N)=O)C(=O)N[C@@H](CC(=O)O)C(=O)N[C@@H](CS)C(=O)N[C@@H](CCC(N)=O)C(=O)N[C@@H](CO)C(=O)N[C@H](C(=O)N[C@@H](CCCNC(=N)N)C(=O)O)C(C)C. The Kier molecular flexibility index (Phi) is 37.0. The molecule has 85 heavy (non-hydrogen) atoms. The molecule has 12 amide bonds. The molecule has 0 saturated carbocycles. The number of amides is 12. The number of hydrogen-bond donors (Lipinski definition) is 23. The first-order valence-corrected chi connectivity index (χ1v) is 28.1. The van der Waals surface area contributed by atoms with Gasteiger partial charge in [0.1, 0.15) is 60.4 Å². The van der Waals surface area contributed by atoms with Crippen molar-refractivity contribution in [3.8, 4) is 0 Å². The number of carbonyl (C=O) groups is 14. The number of carboxylic acids is 2. The summed E-state index contributed by atoms with van der Waals surface area (Å²) in [4.78, 5) is 182. The molecule has 37 heteroatoms. The van der Waals surface area contributed by atoms with Gasteiger partial charge in [-0.05, 0) is 56.9 Å². The predicted octanol–water partition coefficient (Wildman–Crippen LogP) is -9.20. The number of nitrogens with one attached hydrogen (secondary N) is 12. The highest BCUT2D eigenvalue weighted by molar-refractivity contribution is 7.80. The monoisotopic (exact) mass is 1250 g/mol. The number of primary amides is 2. The lowest BCUT2D eigenvalue weighted by molar-refractivity contribution is -0.143. The van der Waals surface area contributed by atoms with Crippen molar-refractivity contribution in [2.45, 2.75) is 158 Å². The molecule has 26 N–H and O–H groups in total. The van der Waals surface area contributed by atoms with Crippen LogP contribution in [0.1, 0.15) is 91.9 Å². The molecule has 0 aliphatic heterocycles. The highest BCUT2D eigenvalue weighted by atomic mass is 32.1. The fourth-order valence-electron chi connectivity index (χ4n) is 7.49. The molecule has 0 rings (SSSR count). The van der Waals surface area contributed by atoms with E-state index in [1.807, 2.05) is 5.32 Å². The zero-order chi connectivity index (χ0) is 65.3. The number of carbonyl (C=O) groups excluding carboxylic acids is 12. The highest BCUT2D eigenvalue weighted by Crippen LogP contribution is 2.10. The summed E-state index contributed by atoms with van der Waals surface area (Å²) in [7, 11) is 0. The zero-order valence-electron chi connectivity index (χ0n) is 47.6. The molecule has 0 aromatic rings. The molecule has 35 nitrogen and oxygen atoms in total. The number of nitrogens with two attached hydrogens (primary N) is 5. The Labute approximate surface area is 500 Å². The van der Waals surface area contributed by atoms with Crippen LogP contribution in [0.4, 0.5) is 0 Å². The number of aliphatic hydroxyl groups excluding tert-OH is 2.